The van der Waals surface area contributed by atoms with Crippen molar-refractivity contribution in [2.24, 2.45) is 0 Å². The van der Waals surface area contributed by atoms with Gasteiger partial charge in [0.25, 0.3) is 0 Å². The zero-order valence-electron chi connectivity index (χ0n) is 13.2. The van der Waals surface area contributed by atoms with Crippen LogP contribution in [0.2, 0.25) is 0 Å². The van der Waals surface area contributed by atoms with E-state index in [2.05, 4.69) is 20.4 Å². The van der Waals surface area contributed by atoms with Gasteiger partial charge in [-0.2, -0.15) is 15.0 Å². The molecule has 0 bridgehead atoms. The summed E-state index contributed by atoms with van der Waals surface area (Å²) in [5, 5.41) is 35.2. The van der Waals surface area contributed by atoms with Crippen LogP contribution >= 0.6 is 0 Å². The lowest BCUT2D eigenvalue weighted by Crippen LogP contribution is -2.21. The molecular formula is C16H14N6O3. The number of carboxylic acids is 1. The predicted molar refractivity (Wildman–Crippen MR) is 88.5 cm³/mol. The first-order chi connectivity index (χ1) is 12.0. The summed E-state index contributed by atoms with van der Waals surface area (Å²) in [6.07, 6.45) is 4.21. The number of nitrogens with zero attached hydrogens (tertiary/aromatic N) is 5. The Morgan fingerprint density at radius 1 is 1.36 bits per heavy atom. The lowest BCUT2D eigenvalue weighted by Gasteiger charge is -2.15. The second-order valence-electron chi connectivity index (χ2n) is 5.43. The van der Waals surface area contributed by atoms with Gasteiger partial charge in [-0.1, -0.05) is 0 Å². The minimum atomic E-state index is -1.13. The number of carbonyl (C=O) groups is 1. The van der Waals surface area contributed by atoms with E-state index < -0.39 is 5.97 Å². The lowest BCUT2D eigenvalue weighted by molar-refractivity contribution is 0.0697. The summed E-state index contributed by atoms with van der Waals surface area (Å²) in [6.45, 7) is 1.57. The fourth-order valence-corrected chi connectivity index (χ4v) is 2.31. The number of fused-ring (bicyclic) bond motifs is 1. The third-order valence-corrected chi connectivity index (χ3v) is 3.55. The molecule has 0 amide bonds. The molecule has 0 saturated carbocycles. The van der Waals surface area contributed by atoms with E-state index in [0.717, 1.165) is 0 Å². The summed E-state index contributed by atoms with van der Waals surface area (Å²) in [7, 11) is 0. The molecule has 25 heavy (non-hydrogen) atoms. The van der Waals surface area contributed by atoms with Gasteiger partial charge in [0, 0.05) is 29.9 Å². The highest BCUT2D eigenvalue weighted by molar-refractivity contribution is 5.94. The Kier molecular flexibility index (Phi) is 4.28. The third-order valence-electron chi connectivity index (χ3n) is 3.55. The maximum atomic E-state index is 11.4. The molecule has 9 nitrogen and oxygen atoms in total. The average Bonchev–Trinajstić information content (AvgIpc) is 3.04. The van der Waals surface area contributed by atoms with Crippen molar-refractivity contribution in [3.05, 3.63) is 41.9 Å². The number of hydrogen-bond donors (Lipinski definition) is 3. The van der Waals surface area contributed by atoms with Gasteiger partial charge in [0.05, 0.1) is 24.1 Å². The molecular weight excluding hydrogens is 324 g/mol. The summed E-state index contributed by atoms with van der Waals surface area (Å²) in [6, 6.07) is 4.86. The van der Waals surface area contributed by atoms with E-state index in [1.807, 2.05) is 6.07 Å². The van der Waals surface area contributed by atoms with E-state index in [1.165, 1.54) is 23.1 Å². The van der Waals surface area contributed by atoms with E-state index in [1.54, 1.807) is 19.2 Å². The van der Waals surface area contributed by atoms with Crippen LogP contribution in [0.3, 0.4) is 0 Å². The Bertz CT molecular complexity index is 991. The van der Waals surface area contributed by atoms with Gasteiger partial charge in [-0.25, -0.2) is 14.8 Å². The summed E-state index contributed by atoms with van der Waals surface area (Å²) in [4.78, 5) is 19.7. The highest BCUT2D eigenvalue weighted by Gasteiger charge is 2.16. The van der Waals surface area contributed by atoms with E-state index >= 15 is 0 Å². The van der Waals surface area contributed by atoms with Crippen LogP contribution in [0, 0.1) is 11.3 Å². The molecule has 1 atom stereocenters. The monoisotopic (exact) mass is 338 g/mol. The fraction of sp³-hybridized carbons (Fsp3) is 0.188. The van der Waals surface area contributed by atoms with E-state index in [0.29, 0.717) is 28.1 Å². The Labute approximate surface area is 142 Å². The topological polar surface area (TPSA) is 137 Å². The predicted octanol–water partition coefficient (Wildman–Crippen LogP) is 1.18. The molecule has 0 aliphatic carbocycles. The number of hydrogen-bond acceptors (Lipinski definition) is 7. The van der Waals surface area contributed by atoms with Gasteiger partial charge < -0.3 is 15.5 Å². The second-order valence-corrected chi connectivity index (χ2v) is 5.43. The molecule has 0 spiro atoms. The number of nitriles is 1. The van der Waals surface area contributed by atoms with Crippen LogP contribution in [0.1, 0.15) is 22.8 Å². The van der Waals surface area contributed by atoms with Gasteiger partial charge in [-0.05, 0) is 13.0 Å². The molecule has 0 saturated heterocycles. The van der Waals surface area contributed by atoms with Crippen LogP contribution < -0.4 is 5.32 Å². The highest BCUT2D eigenvalue weighted by atomic mass is 16.4. The summed E-state index contributed by atoms with van der Waals surface area (Å²) < 4.78 is 1.46. The normalized spacial score (nSPS) is 11.9. The van der Waals surface area contributed by atoms with Crippen molar-refractivity contribution >= 4 is 22.7 Å². The molecule has 3 N–H and O–H groups in total. The van der Waals surface area contributed by atoms with Gasteiger partial charge >= 0.3 is 5.97 Å². The lowest BCUT2D eigenvalue weighted by atomic mass is 10.2. The van der Waals surface area contributed by atoms with Gasteiger partial charge in [0.1, 0.15) is 11.6 Å². The number of aliphatic hydroxyl groups is 1. The fourth-order valence-electron chi connectivity index (χ4n) is 2.31. The molecule has 0 radical (unpaired) electrons. The Balaban J connectivity index is 2.10. The van der Waals surface area contributed by atoms with Crippen molar-refractivity contribution in [3.63, 3.8) is 0 Å². The smallest absolute Gasteiger partial charge is 0.339 e. The second kappa shape index (κ2) is 6.54. The van der Waals surface area contributed by atoms with Crippen molar-refractivity contribution in [3.8, 4) is 11.9 Å². The molecule has 3 aromatic heterocycles. The minimum absolute atomic E-state index is 0.0137. The molecule has 3 aromatic rings. The largest absolute Gasteiger partial charge is 0.478 e. The van der Waals surface area contributed by atoms with Crippen LogP contribution in [0.5, 0.6) is 0 Å². The van der Waals surface area contributed by atoms with Crippen LogP contribution in [0.25, 0.3) is 16.9 Å². The molecule has 0 aliphatic heterocycles. The Hall–Kier alpha value is -3.51. The molecule has 0 fully saturated rings. The minimum Gasteiger partial charge on any atom is -0.478 e. The first-order valence-corrected chi connectivity index (χ1v) is 7.38. The summed E-state index contributed by atoms with van der Waals surface area (Å²) >= 11 is 0. The molecule has 0 aromatic carbocycles. The van der Waals surface area contributed by atoms with E-state index in [9.17, 15) is 15.0 Å². The standard InChI is InChI=1S/C16H14N6O3/c1-9(8-23)21-13-3-14(18-7-12(13)16(24)25)22-15-11(6-20-22)2-10(4-17)5-19-15/h2-3,5-7,9,23H,8H2,1H3,(H,18,21)(H,24,25). The maximum absolute atomic E-state index is 11.4. The first kappa shape index (κ1) is 16.4. The summed E-state index contributed by atoms with van der Waals surface area (Å²) in [5.74, 6) is -0.765. The number of carboxylic acid groups (broad SMARTS) is 1. The van der Waals surface area contributed by atoms with Crippen LogP contribution in [0.15, 0.2) is 30.7 Å². The molecule has 3 rings (SSSR count). The zero-order chi connectivity index (χ0) is 18.0. The number of anilines is 1. The van der Waals surface area contributed by atoms with Crippen LogP contribution in [-0.2, 0) is 0 Å². The molecule has 9 heteroatoms. The van der Waals surface area contributed by atoms with Gasteiger partial charge in [-0.3, -0.25) is 0 Å². The van der Waals surface area contributed by atoms with Crippen molar-refractivity contribution in [1.82, 2.24) is 19.7 Å². The number of nitrogens with one attached hydrogen (secondary N) is 1. The van der Waals surface area contributed by atoms with Crippen molar-refractivity contribution in [2.75, 3.05) is 11.9 Å². The van der Waals surface area contributed by atoms with Gasteiger partial charge in [0.15, 0.2) is 11.5 Å². The molecule has 1 unspecified atom stereocenters. The number of rotatable bonds is 5. The molecule has 0 aliphatic rings. The first-order valence-electron chi connectivity index (χ1n) is 7.38. The van der Waals surface area contributed by atoms with Gasteiger partial charge in [-0.15, -0.1) is 0 Å². The molecule has 3 heterocycles. The zero-order valence-corrected chi connectivity index (χ0v) is 13.2. The number of pyridine rings is 2. The number of aromatic carboxylic acids is 1. The van der Waals surface area contributed by atoms with Gasteiger partial charge in [0.2, 0.25) is 0 Å². The van der Waals surface area contributed by atoms with E-state index in [-0.39, 0.29) is 18.2 Å². The Morgan fingerprint density at radius 3 is 2.84 bits per heavy atom. The quantitative estimate of drug-likeness (QED) is 0.630. The Morgan fingerprint density at radius 2 is 2.16 bits per heavy atom. The van der Waals surface area contributed by atoms with Crippen molar-refractivity contribution < 1.29 is 15.0 Å². The van der Waals surface area contributed by atoms with Crippen molar-refractivity contribution in [2.45, 2.75) is 13.0 Å². The highest BCUT2D eigenvalue weighted by Crippen LogP contribution is 2.22. The average molecular weight is 338 g/mol. The summed E-state index contributed by atoms with van der Waals surface area (Å²) in [5.41, 5.74) is 1.22. The molecule has 126 valence electrons. The van der Waals surface area contributed by atoms with Crippen LogP contribution in [0.4, 0.5) is 5.69 Å². The van der Waals surface area contributed by atoms with E-state index in [4.69, 9.17) is 5.26 Å². The third kappa shape index (κ3) is 3.11. The number of aromatic nitrogens is 4. The maximum Gasteiger partial charge on any atom is 0.339 e. The van der Waals surface area contributed by atoms with Crippen LogP contribution in [-0.4, -0.2) is 48.6 Å². The van der Waals surface area contributed by atoms with Crippen molar-refractivity contribution in [1.29, 1.82) is 5.26 Å². The number of aliphatic hydroxyl groups excluding tert-OH is 1. The SMILES string of the molecule is CC(CO)Nc1cc(-n2ncc3cc(C#N)cnc32)ncc1C(=O)O.